The van der Waals surface area contributed by atoms with Gasteiger partial charge >= 0.3 is 13.8 Å². The zero-order valence-corrected chi connectivity index (χ0v) is 23.6. The molecular formula is C26H51O12P. The third-order valence-corrected chi connectivity index (χ3v) is 7.41. The fraction of sp³-hybridized carbons (Fsp3) is 0.962. The first kappa shape index (κ1) is 28.5. The van der Waals surface area contributed by atoms with Crippen molar-refractivity contribution in [2.45, 2.75) is 146 Å². The van der Waals surface area contributed by atoms with Crippen molar-refractivity contribution in [2.24, 2.45) is 0 Å². The summed E-state index contributed by atoms with van der Waals surface area (Å²) in [6, 6.07) is 0. The molecule has 1 aliphatic rings. The molecule has 0 saturated heterocycles. The van der Waals surface area contributed by atoms with Crippen LogP contribution in [-0.2, 0) is 23.1 Å². The number of aliphatic hydroxyl groups excluding tert-OH is 5. The van der Waals surface area contributed by atoms with E-state index in [1.54, 1.807) is 0 Å². The maximum Gasteiger partial charge on any atom is 0.472 e. The van der Waals surface area contributed by atoms with Gasteiger partial charge in [0, 0.05) is 6.42 Å². The lowest BCUT2D eigenvalue weighted by Crippen LogP contribution is -2.64. The van der Waals surface area contributed by atoms with Crippen LogP contribution < -0.4 is 0 Å². The number of aliphatic hydroxyl groups is 6. The molecule has 8 atom stereocenters. The van der Waals surface area contributed by atoms with Crippen LogP contribution in [0.15, 0.2) is 0 Å². The monoisotopic (exact) mass is 591 g/mol. The number of carbonyl (C=O) groups is 1. The van der Waals surface area contributed by atoms with Crippen molar-refractivity contribution in [1.29, 1.82) is 0 Å². The summed E-state index contributed by atoms with van der Waals surface area (Å²) in [5.41, 5.74) is 0. The predicted molar refractivity (Wildman–Crippen MR) is 143 cm³/mol. The van der Waals surface area contributed by atoms with Gasteiger partial charge in [0.2, 0.25) is 0 Å². The number of ether oxygens (including phenoxy) is 1. The molecule has 1 fully saturated rings. The maximum atomic E-state index is 12.4. The van der Waals surface area contributed by atoms with Crippen LogP contribution in [0.4, 0.5) is 0 Å². The van der Waals surface area contributed by atoms with Crippen molar-refractivity contribution in [2.75, 3.05) is 13.1 Å². The molecule has 0 amide bonds. The van der Waals surface area contributed by atoms with E-state index in [-0.39, 0.29) is 6.42 Å². The van der Waals surface area contributed by atoms with E-state index in [0.717, 1.165) is 25.7 Å². The van der Waals surface area contributed by atoms with Crippen molar-refractivity contribution in [3.63, 3.8) is 0 Å². The number of hydrogen-bond donors (Lipinski definition) is 7. The molecule has 0 aromatic carbocycles. The second-order valence-corrected chi connectivity index (χ2v) is 11.3. The lowest BCUT2D eigenvalue weighted by molar-refractivity contribution is -0.220. The summed E-state index contributed by atoms with van der Waals surface area (Å²) in [4.78, 5) is 22.2. The molecule has 0 bridgehead atoms. The fourth-order valence-corrected chi connectivity index (χ4v) is 5.04. The SMILES string of the molecule is [2H]C([2H])(OC(=O)CCCCCCCCCCCCCCCC)[C@@]([2H])(O)C([2H])([2H])OP(=O)(O)OC1[C@H](O)[C@H](O)C(O)[C@H](O)[C@H]1O. The lowest BCUT2D eigenvalue weighted by atomic mass is 9.85. The highest BCUT2D eigenvalue weighted by Crippen LogP contribution is 2.47. The van der Waals surface area contributed by atoms with E-state index in [1.165, 1.54) is 51.4 Å². The molecule has 3 unspecified atom stereocenters. The van der Waals surface area contributed by atoms with Crippen molar-refractivity contribution < 1.29 is 65.5 Å². The van der Waals surface area contributed by atoms with Gasteiger partial charge in [-0.1, -0.05) is 90.4 Å². The maximum absolute atomic E-state index is 12.4. The van der Waals surface area contributed by atoms with Crippen molar-refractivity contribution in [1.82, 2.24) is 0 Å². The van der Waals surface area contributed by atoms with Crippen LogP contribution in [0.5, 0.6) is 0 Å². The van der Waals surface area contributed by atoms with Gasteiger partial charge in [-0.05, 0) is 6.42 Å². The smallest absolute Gasteiger partial charge is 0.463 e. The van der Waals surface area contributed by atoms with Crippen LogP contribution in [0.2, 0.25) is 0 Å². The molecule has 39 heavy (non-hydrogen) atoms. The van der Waals surface area contributed by atoms with Crippen LogP contribution in [0, 0.1) is 0 Å². The molecule has 232 valence electrons. The first-order valence-electron chi connectivity index (χ1n) is 16.4. The van der Waals surface area contributed by atoms with Crippen molar-refractivity contribution in [3.05, 3.63) is 0 Å². The van der Waals surface area contributed by atoms with Crippen LogP contribution in [0.25, 0.3) is 0 Å². The molecule has 0 aromatic heterocycles. The summed E-state index contributed by atoms with van der Waals surface area (Å²) in [6.07, 6.45) is -2.75. The predicted octanol–water partition coefficient (Wildman–Crippen LogP) is 2.08. The van der Waals surface area contributed by atoms with E-state index in [1.807, 2.05) is 0 Å². The summed E-state index contributed by atoms with van der Waals surface area (Å²) >= 11 is 0. The molecule has 13 heteroatoms. The topological polar surface area (TPSA) is 203 Å². The van der Waals surface area contributed by atoms with E-state index in [2.05, 4.69) is 20.7 Å². The van der Waals surface area contributed by atoms with Gasteiger partial charge < -0.3 is 40.3 Å². The van der Waals surface area contributed by atoms with Gasteiger partial charge in [-0.25, -0.2) is 4.57 Å². The number of phosphoric acid groups is 1. The molecule has 7 N–H and O–H groups in total. The Balaban J connectivity index is 2.49. The molecule has 0 spiro atoms. The average Bonchev–Trinajstić information content (AvgIpc) is 2.92. The van der Waals surface area contributed by atoms with Crippen molar-refractivity contribution in [3.8, 4) is 0 Å². The largest absolute Gasteiger partial charge is 0.472 e. The molecule has 1 saturated carbocycles. The lowest BCUT2D eigenvalue weighted by Gasteiger charge is -2.41. The summed E-state index contributed by atoms with van der Waals surface area (Å²) in [6.45, 7) is -5.72. The van der Waals surface area contributed by atoms with Gasteiger partial charge in [0.25, 0.3) is 0 Å². The Hall–Kier alpha value is -0.660. The van der Waals surface area contributed by atoms with Gasteiger partial charge in [0.05, 0.1) is 13.4 Å². The van der Waals surface area contributed by atoms with Gasteiger partial charge in [0.15, 0.2) is 0 Å². The Morgan fingerprint density at radius 3 is 1.64 bits per heavy atom. The molecule has 0 aliphatic heterocycles. The van der Waals surface area contributed by atoms with Crippen LogP contribution >= 0.6 is 7.82 Å². The summed E-state index contributed by atoms with van der Waals surface area (Å²) in [7, 11) is -5.86. The third-order valence-electron chi connectivity index (χ3n) is 6.58. The number of phosphoric ester groups is 1. The normalized spacial score (nSPS) is 31.1. The van der Waals surface area contributed by atoms with Crippen LogP contribution in [0.3, 0.4) is 0 Å². The Morgan fingerprint density at radius 1 is 0.769 bits per heavy atom. The zero-order valence-electron chi connectivity index (χ0n) is 27.7. The molecular weight excluding hydrogens is 535 g/mol. The third kappa shape index (κ3) is 15.2. The Bertz CT molecular complexity index is 883. The summed E-state index contributed by atoms with van der Waals surface area (Å²) in [5, 5.41) is 59.3. The second kappa shape index (κ2) is 20.3. The second-order valence-electron chi connectivity index (χ2n) is 9.96. The fourth-order valence-electron chi connectivity index (χ4n) is 4.24. The molecule has 12 nitrogen and oxygen atoms in total. The van der Waals surface area contributed by atoms with E-state index < -0.39 is 69.6 Å². The quantitative estimate of drug-likeness (QED) is 0.0549. The molecule has 1 rings (SSSR count). The molecule has 1 aliphatic carbocycles. The highest BCUT2D eigenvalue weighted by atomic mass is 31.2. The summed E-state index contributed by atoms with van der Waals surface area (Å²) < 4.78 is 64.3. The van der Waals surface area contributed by atoms with E-state index >= 15 is 0 Å². The highest BCUT2D eigenvalue weighted by molar-refractivity contribution is 7.47. The zero-order chi connectivity index (χ0) is 33.8. The first-order chi connectivity index (χ1) is 20.3. The standard InChI is InChI=1S/C26H51O12P/c1-2-3-4-5-6-7-8-9-10-11-12-13-14-15-16-20(28)36-17-19(27)18-37-39(34,35)38-26-24(32)22(30)21(29)23(31)25(26)33/h19,21-27,29-33H,2-18H2,1H3,(H,34,35)/t19-,21?,22-,23+,24-,25-,26?/m1/s1/i17D2,18D2,19D. The van der Waals surface area contributed by atoms with Gasteiger partial charge in [0.1, 0.15) is 49.3 Å². The number of unbranched alkanes of at least 4 members (excludes halogenated alkanes) is 13. The number of carbonyl (C=O) groups excluding carboxylic acids is 1. The molecule has 0 radical (unpaired) electrons. The van der Waals surface area contributed by atoms with E-state index in [0.29, 0.717) is 12.8 Å². The van der Waals surface area contributed by atoms with Gasteiger partial charge in [-0.3, -0.25) is 13.8 Å². The average molecular weight is 592 g/mol. The number of esters is 1. The van der Waals surface area contributed by atoms with Gasteiger partial charge in [-0.15, -0.1) is 0 Å². The van der Waals surface area contributed by atoms with E-state index in [4.69, 9.17) is 6.85 Å². The minimum absolute atomic E-state index is 0.299. The Labute approximate surface area is 238 Å². The number of rotatable bonds is 22. The van der Waals surface area contributed by atoms with Crippen LogP contribution in [-0.4, -0.2) is 97.3 Å². The minimum Gasteiger partial charge on any atom is -0.463 e. The van der Waals surface area contributed by atoms with Crippen molar-refractivity contribution >= 4 is 13.8 Å². The van der Waals surface area contributed by atoms with E-state index in [9.17, 15) is 44.9 Å². The number of hydrogen-bond acceptors (Lipinski definition) is 11. The molecule has 0 heterocycles. The van der Waals surface area contributed by atoms with Crippen LogP contribution in [0.1, 0.15) is 110 Å². The van der Waals surface area contributed by atoms with Gasteiger partial charge in [-0.2, -0.15) is 0 Å². The summed E-state index contributed by atoms with van der Waals surface area (Å²) in [5.74, 6) is -1.20. The molecule has 0 aromatic rings. The minimum atomic E-state index is -5.86. The highest BCUT2D eigenvalue weighted by Gasteiger charge is 2.51. The first-order valence-corrected chi connectivity index (χ1v) is 15.4. The Kier molecular flexibility index (Phi) is 14.8. The Morgan fingerprint density at radius 2 is 1.18 bits per heavy atom.